The number of rotatable bonds is 2. The van der Waals surface area contributed by atoms with E-state index in [0.717, 1.165) is 0 Å². The van der Waals surface area contributed by atoms with Gasteiger partial charge in [0, 0.05) is 18.3 Å². The van der Waals surface area contributed by atoms with Crippen molar-refractivity contribution >= 4 is 45.2 Å². The highest BCUT2D eigenvalue weighted by atomic mass is 127. The van der Waals surface area contributed by atoms with Crippen LogP contribution in [0.1, 0.15) is 17.6 Å². The molecule has 0 amide bonds. The summed E-state index contributed by atoms with van der Waals surface area (Å²) in [4.78, 5) is 3.96. The Morgan fingerprint density at radius 2 is 2.08 bits per heavy atom. The maximum Gasteiger partial charge on any atom is 0.265 e. The van der Waals surface area contributed by atoms with E-state index in [1.54, 1.807) is 0 Å². The van der Waals surface area contributed by atoms with E-state index in [-0.39, 0.29) is 12.1 Å². The van der Waals surface area contributed by atoms with Gasteiger partial charge in [0.2, 0.25) is 0 Å². The van der Waals surface area contributed by atoms with E-state index in [0.29, 0.717) is 12.8 Å². The molecule has 1 aromatic heterocycles. The fraction of sp³-hybridized carbons (Fsp3) is 0.286. The summed E-state index contributed by atoms with van der Waals surface area (Å²) in [5.41, 5.74) is 5.76. The Hall–Kier alpha value is 0.430. The first-order valence-electron chi connectivity index (χ1n) is 3.39. The first kappa shape index (κ1) is 11.5. The molecule has 0 saturated heterocycles. The van der Waals surface area contributed by atoms with Gasteiger partial charge in [0.1, 0.15) is 3.70 Å². The summed E-state index contributed by atoms with van der Waals surface area (Å²) in [7, 11) is 0. The maximum absolute atomic E-state index is 12.6. The minimum absolute atomic E-state index is 0.0162. The van der Waals surface area contributed by atoms with Gasteiger partial charge in [-0.1, -0.05) is 0 Å². The van der Waals surface area contributed by atoms with Crippen LogP contribution in [0.5, 0.6) is 0 Å². The third-order valence-electron chi connectivity index (χ3n) is 1.54. The van der Waals surface area contributed by atoms with Crippen LogP contribution in [0, 0.1) is 7.27 Å². The summed E-state index contributed by atoms with van der Waals surface area (Å²) < 4.78 is 26.2. The van der Waals surface area contributed by atoms with Crippen LogP contribution in [0.15, 0.2) is 6.20 Å². The van der Waals surface area contributed by atoms with Crippen molar-refractivity contribution in [3.63, 3.8) is 0 Å². The topological polar surface area (TPSA) is 38.9 Å². The summed E-state index contributed by atoms with van der Waals surface area (Å²) in [5.74, 6) is 0. The van der Waals surface area contributed by atoms with Gasteiger partial charge < -0.3 is 5.73 Å². The number of aromatic nitrogens is 1. The van der Waals surface area contributed by atoms with Crippen molar-refractivity contribution < 1.29 is 8.78 Å². The van der Waals surface area contributed by atoms with Crippen molar-refractivity contribution in [2.45, 2.75) is 13.0 Å². The molecule has 72 valence electrons. The molecule has 0 bridgehead atoms. The Morgan fingerprint density at radius 3 is 2.54 bits per heavy atom. The number of hydrogen-bond donors (Lipinski definition) is 1. The predicted octanol–water partition coefficient (Wildman–Crippen LogP) is 2.69. The lowest BCUT2D eigenvalue weighted by Crippen LogP contribution is -2.06. The second-order valence-electron chi connectivity index (χ2n) is 2.31. The van der Waals surface area contributed by atoms with Crippen LogP contribution >= 0.6 is 45.2 Å². The molecule has 1 aromatic rings. The third kappa shape index (κ3) is 2.46. The minimum atomic E-state index is -2.48. The fourth-order valence-electron chi connectivity index (χ4n) is 0.911. The molecule has 0 fully saturated rings. The highest BCUT2D eigenvalue weighted by Gasteiger charge is 2.18. The van der Waals surface area contributed by atoms with E-state index < -0.39 is 6.43 Å². The second kappa shape index (κ2) is 4.78. The Morgan fingerprint density at radius 1 is 1.46 bits per heavy atom. The van der Waals surface area contributed by atoms with Crippen molar-refractivity contribution in [3.05, 3.63) is 24.6 Å². The number of halogens is 4. The average molecular weight is 410 g/mol. The number of nitrogens with zero attached hydrogens (tertiary/aromatic N) is 1. The highest BCUT2D eigenvalue weighted by Crippen LogP contribution is 2.29. The van der Waals surface area contributed by atoms with Crippen LogP contribution < -0.4 is 5.73 Å². The van der Waals surface area contributed by atoms with Crippen molar-refractivity contribution in [2.24, 2.45) is 5.73 Å². The van der Waals surface area contributed by atoms with Crippen LogP contribution in [0.25, 0.3) is 0 Å². The smallest absolute Gasteiger partial charge is 0.265 e. The number of nitrogens with two attached hydrogens (primary N) is 1. The van der Waals surface area contributed by atoms with E-state index in [9.17, 15) is 8.78 Å². The number of hydrogen-bond acceptors (Lipinski definition) is 2. The molecule has 0 aromatic carbocycles. The Balaban J connectivity index is 3.32. The molecule has 1 rings (SSSR count). The van der Waals surface area contributed by atoms with Gasteiger partial charge in [-0.25, -0.2) is 13.8 Å². The molecule has 0 saturated carbocycles. The zero-order valence-corrected chi connectivity index (χ0v) is 10.7. The Bertz CT molecular complexity index is 318. The molecule has 0 unspecified atom stereocenters. The van der Waals surface area contributed by atoms with Crippen LogP contribution in [0.2, 0.25) is 0 Å². The molecule has 13 heavy (non-hydrogen) atoms. The van der Waals surface area contributed by atoms with Gasteiger partial charge in [0.15, 0.2) is 0 Å². The quantitative estimate of drug-likeness (QED) is 0.602. The summed E-state index contributed by atoms with van der Waals surface area (Å²) in [6.45, 7) is 0.0968. The lowest BCUT2D eigenvalue weighted by Gasteiger charge is -2.09. The fourth-order valence-corrected chi connectivity index (χ4v) is 2.06. The first-order valence-corrected chi connectivity index (χ1v) is 5.54. The largest absolute Gasteiger partial charge is 0.326 e. The van der Waals surface area contributed by atoms with Crippen LogP contribution in [0.4, 0.5) is 8.78 Å². The van der Waals surface area contributed by atoms with Gasteiger partial charge in [-0.15, -0.1) is 0 Å². The maximum atomic E-state index is 12.6. The predicted molar refractivity (Wildman–Crippen MR) is 62.5 cm³/mol. The first-order chi connectivity index (χ1) is 6.07. The van der Waals surface area contributed by atoms with Gasteiger partial charge in [-0.2, -0.15) is 0 Å². The van der Waals surface area contributed by atoms with Crippen molar-refractivity contribution in [1.29, 1.82) is 0 Å². The van der Waals surface area contributed by atoms with E-state index in [2.05, 4.69) is 4.98 Å². The zero-order valence-electron chi connectivity index (χ0n) is 6.40. The van der Waals surface area contributed by atoms with Crippen molar-refractivity contribution in [1.82, 2.24) is 4.98 Å². The van der Waals surface area contributed by atoms with Gasteiger partial charge in [-0.05, 0) is 50.7 Å². The Labute approximate surface area is 102 Å². The molecular formula is C7H6F2I2N2. The van der Waals surface area contributed by atoms with Gasteiger partial charge >= 0.3 is 0 Å². The lowest BCUT2D eigenvalue weighted by molar-refractivity contribution is 0.149. The van der Waals surface area contributed by atoms with Crippen LogP contribution in [0.3, 0.4) is 0 Å². The lowest BCUT2D eigenvalue weighted by atomic mass is 10.1. The van der Waals surface area contributed by atoms with Gasteiger partial charge in [-0.3, -0.25) is 0 Å². The molecule has 0 spiro atoms. The van der Waals surface area contributed by atoms with Crippen LogP contribution in [-0.4, -0.2) is 4.98 Å². The molecule has 1 heterocycles. The molecule has 2 N–H and O–H groups in total. The van der Waals surface area contributed by atoms with E-state index in [1.165, 1.54) is 6.20 Å². The number of alkyl halides is 2. The van der Waals surface area contributed by atoms with Gasteiger partial charge in [0.25, 0.3) is 6.43 Å². The van der Waals surface area contributed by atoms with Crippen molar-refractivity contribution in [2.75, 3.05) is 0 Å². The summed E-state index contributed by atoms with van der Waals surface area (Å²) in [5, 5.41) is 0. The number of pyridine rings is 1. The molecule has 0 aliphatic carbocycles. The summed E-state index contributed by atoms with van der Waals surface area (Å²) in [6.07, 6.45) is -1.08. The minimum Gasteiger partial charge on any atom is -0.326 e. The third-order valence-corrected chi connectivity index (χ3v) is 4.48. The molecule has 0 atom stereocenters. The molecule has 0 aliphatic heterocycles. The normalized spacial score (nSPS) is 10.9. The Kier molecular flexibility index (Phi) is 4.23. The van der Waals surface area contributed by atoms with Gasteiger partial charge in [0.05, 0.1) is 3.57 Å². The van der Waals surface area contributed by atoms with Crippen LogP contribution in [-0.2, 0) is 6.54 Å². The SMILES string of the molecule is NCc1cnc(I)c(I)c1C(F)F. The molecular weight excluding hydrogens is 404 g/mol. The molecule has 0 aliphatic rings. The van der Waals surface area contributed by atoms with E-state index in [4.69, 9.17) is 5.73 Å². The van der Waals surface area contributed by atoms with Crippen molar-refractivity contribution in [3.8, 4) is 0 Å². The van der Waals surface area contributed by atoms with E-state index in [1.807, 2.05) is 45.2 Å². The summed E-state index contributed by atoms with van der Waals surface area (Å²) >= 11 is 3.79. The zero-order chi connectivity index (χ0) is 10.0. The average Bonchev–Trinajstić information content (AvgIpc) is 2.08. The monoisotopic (exact) mass is 410 g/mol. The highest BCUT2D eigenvalue weighted by molar-refractivity contribution is 14.1. The molecule has 2 nitrogen and oxygen atoms in total. The molecule has 0 radical (unpaired) electrons. The molecule has 6 heteroatoms. The standard InChI is InChI=1S/C7H6F2I2N2/c8-6(9)4-3(1-12)2-13-7(11)5(4)10/h2,6H,1,12H2. The second-order valence-corrected chi connectivity index (χ2v) is 4.41. The van der Waals surface area contributed by atoms with E-state index >= 15 is 0 Å². The summed E-state index contributed by atoms with van der Waals surface area (Å²) in [6, 6.07) is 0.